The van der Waals surface area contributed by atoms with Crippen molar-refractivity contribution in [1.82, 2.24) is 20.5 Å². The molecule has 0 saturated heterocycles. The molecule has 0 aliphatic carbocycles. The van der Waals surface area contributed by atoms with Gasteiger partial charge >= 0.3 is 0 Å². The Morgan fingerprint density at radius 2 is 2.20 bits per heavy atom. The number of aryl methyl sites for hydroxylation is 1. The fourth-order valence-electron chi connectivity index (χ4n) is 1.91. The van der Waals surface area contributed by atoms with Crippen LogP contribution >= 0.6 is 15.9 Å². The second-order valence-corrected chi connectivity index (χ2v) is 5.43. The number of amides is 1. The van der Waals surface area contributed by atoms with Crippen molar-refractivity contribution in [3.05, 3.63) is 46.0 Å². The van der Waals surface area contributed by atoms with Gasteiger partial charge in [0, 0.05) is 10.9 Å². The lowest BCUT2D eigenvalue weighted by atomic mass is 10.1. The van der Waals surface area contributed by atoms with Crippen LogP contribution in [-0.2, 0) is 6.42 Å². The molecular weight excluding hydrogens is 320 g/mol. The van der Waals surface area contributed by atoms with Gasteiger partial charge < -0.3 is 5.32 Å². The van der Waals surface area contributed by atoms with E-state index in [1.54, 1.807) is 0 Å². The number of hydrogen-bond donors (Lipinski definition) is 2. The van der Waals surface area contributed by atoms with Gasteiger partial charge in [0.05, 0.1) is 6.04 Å². The van der Waals surface area contributed by atoms with Crippen molar-refractivity contribution in [2.75, 3.05) is 0 Å². The smallest absolute Gasteiger partial charge is 0.291 e. The molecule has 5 nitrogen and oxygen atoms in total. The van der Waals surface area contributed by atoms with E-state index in [0.29, 0.717) is 0 Å². The molecule has 0 spiro atoms. The van der Waals surface area contributed by atoms with Gasteiger partial charge in [0.1, 0.15) is 5.82 Å². The zero-order chi connectivity index (χ0) is 14.5. The van der Waals surface area contributed by atoms with Gasteiger partial charge in [-0.1, -0.05) is 41.1 Å². The molecule has 0 bridgehead atoms. The topological polar surface area (TPSA) is 70.7 Å². The van der Waals surface area contributed by atoms with Crippen molar-refractivity contribution in [2.24, 2.45) is 0 Å². The maximum absolute atomic E-state index is 12.1. The molecule has 0 fully saturated rings. The summed E-state index contributed by atoms with van der Waals surface area (Å²) in [5.41, 5.74) is 1.02. The highest BCUT2D eigenvalue weighted by molar-refractivity contribution is 9.10. The average Bonchev–Trinajstić information content (AvgIpc) is 2.88. The van der Waals surface area contributed by atoms with E-state index in [1.807, 2.05) is 31.2 Å². The predicted octanol–water partition coefficient (Wildman–Crippen LogP) is 3.01. The summed E-state index contributed by atoms with van der Waals surface area (Å²) in [4.78, 5) is 16.3. The number of hydrogen-bond acceptors (Lipinski definition) is 3. The van der Waals surface area contributed by atoms with Gasteiger partial charge in [0.2, 0.25) is 5.82 Å². The number of aromatic nitrogens is 3. The third-order valence-corrected chi connectivity index (χ3v) is 3.66. The van der Waals surface area contributed by atoms with E-state index in [9.17, 15) is 4.79 Å². The number of carbonyl (C=O) groups is 1. The third-order valence-electron chi connectivity index (χ3n) is 2.94. The van der Waals surface area contributed by atoms with Gasteiger partial charge in [-0.15, -0.1) is 5.10 Å². The summed E-state index contributed by atoms with van der Waals surface area (Å²) in [6.07, 6.45) is 1.75. The van der Waals surface area contributed by atoms with Crippen molar-refractivity contribution in [1.29, 1.82) is 0 Å². The number of H-pyrrole nitrogens is 1. The van der Waals surface area contributed by atoms with E-state index in [1.165, 1.54) is 0 Å². The van der Waals surface area contributed by atoms with Crippen molar-refractivity contribution in [2.45, 2.75) is 32.7 Å². The first-order chi connectivity index (χ1) is 9.61. The molecule has 1 heterocycles. The zero-order valence-electron chi connectivity index (χ0n) is 11.5. The van der Waals surface area contributed by atoms with Gasteiger partial charge in [0.15, 0.2) is 0 Å². The van der Waals surface area contributed by atoms with Crippen molar-refractivity contribution < 1.29 is 4.79 Å². The fourth-order valence-corrected chi connectivity index (χ4v) is 2.54. The first-order valence-electron chi connectivity index (χ1n) is 6.58. The average molecular weight is 337 g/mol. The van der Waals surface area contributed by atoms with E-state index in [4.69, 9.17) is 0 Å². The van der Waals surface area contributed by atoms with E-state index < -0.39 is 0 Å². The number of aromatic amines is 1. The second-order valence-electron chi connectivity index (χ2n) is 4.57. The van der Waals surface area contributed by atoms with Crippen LogP contribution < -0.4 is 5.32 Å². The minimum absolute atomic E-state index is 0.119. The van der Waals surface area contributed by atoms with Crippen LogP contribution in [0.25, 0.3) is 0 Å². The van der Waals surface area contributed by atoms with Crippen molar-refractivity contribution in [3.63, 3.8) is 0 Å². The van der Waals surface area contributed by atoms with Crippen LogP contribution in [0.5, 0.6) is 0 Å². The monoisotopic (exact) mass is 336 g/mol. The predicted molar refractivity (Wildman–Crippen MR) is 80.4 cm³/mol. The Kier molecular flexibility index (Phi) is 4.89. The quantitative estimate of drug-likeness (QED) is 0.881. The molecule has 0 radical (unpaired) electrons. The molecule has 2 rings (SSSR count). The lowest BCUT2D eigenvalue weighted by molar-refractivity contribution is 0.0929. The Morgan fingerprint density at radius 3 is 2.90 bits per heavy atom. The standard InChI is InChI=1S/C14H17BrN4O/c1-3-6-12-17-13(19-18-12)14(20)16-9(2)10-7-4-5-8-11(10)15/h4-5,7-9H,3,6H2,1-2H3,(H,16,20)(H,17,18,19). The number of rotatable bonds is 5. The van der Waals surface area contributed by atoms with E-state index in [2.05, 4.69) is 43.4 Å². The van der Waals surface area contributed by atoms with Gasteiger partial charge in [-0.3, -0.25) is 9.89 Å². The van der Waals surface area contributed by atoms with E-state index in [0.717, 1.165) is 28.7 Å². The van der Waals surface area contributed by atoms with Crippen LogP contribution in [0.3, 0.4) is 0 Å². The molecule has 0 aliphatic rings. The summed E-state index contributed by atoms with van der Waals surface area (Å²) in [5, 5.41) is 9.62. The number of nitrogens with one attached hydrogen (secondary N) is 2. The molecule has 1 amide bonds. The Bertz CT molecular complexity index is 596. The zero-order valence-corrected chi connectivity index (χ0v) is 13.1. The van der Waals surface area contributed by atoms with Crippen molar-refractivity contribution in [3.8, 4) is 0 Å². The summed E-state index contributed by atoms with van der Waals surface area (Å²) in [6, 6.07) is 7.68. The highest BCUT2D eigenvalue weighted by Gasteiger charge is 2.16. The van der Waals surface area contributed by atoms with Crippen LogP contribution in [-0.4, -0.2) is 21.1 Å². The molecule has 1 unspecified atom stereocenters. The molecule has 20 heavy (non-hydrogen) atoms. The summed E-state index contributed by atoms with van der Waals surface area (Å²) < 4.78 is 0.967. The molecule has 6 heteroatoms. The van der Waals surface area contributed by atoms with Crippen LogP contribution in [0.1, 0.15) is 48.3 Å². The molecule has 2 N–H and O–H groups in total. The molecule has 0 saturated carbocycles. The van der Waals surface area contributed by atoms with Crippen LogP contribution in [0.2, 0.25) is 0 Å². The van der Waals surface area contributed by atoms with Gasteiger partial charge in [-0.25, -0.2) is 4.98 Å². The summed E-state index contributed by atoms with van der Waals surface area (Å²) in [6.45, 7) is 3.98. The lowest BCUT2D eigenvalue weighted by Gasteiger charge is -2.14. The SMILES string of the molecule is CCCc1nc(C(=O)NC(C)c2ccccc2Br)n[nH]1. The molecule has 0 aliphatic heterocycles. The fraction of sp³-hybridized carbons (Fsp3) is 0.357. The summed E-state index contributed by atoms with van der Waals surface area (Å²) in [5.74, 6) is 0.658. The highest BCUT2D eigenvalue weighted by Crippen LogP contribution is 2.22. The van der Waals surface area contributed by atoms with Crippen LogP contribution in [0.4, 0.5) is 0 Å². The largest absolute Gasteiger partial charge is 0.343 e. The maximum Gasteiger partial charge on any atom is 0.291 e. The summed E-state index contributed by atoms with van der Waals surface area (Å²) in [7, 11) is 0. The lowest BCUT2D eigenvalue weighted by Crippen LogP contribution is -2.27. The van der Waals surface area contributed by atoms with E-state index >= 15 is 0 Å². The highest BCUT2D eigenvalue weighted by atomic mass is 79.9. The Hall–Kier alpha value is -1.69. The molecular formula is C14H17BrN4O. The van der Waals surface area contributed by atoms with Gasteiger partial charge in [-0.2, -0.15) is 0 Å². The van der Waals surface area contributed by atoms with Crippen LogP contribution in [0, 0.1) is 0 Å². The van der Waals surface area contributed by atoms with E-state index in [-0.39, 0.29) is 17.8 Å². The number of benzene rings is 1. The molecule has 1 atom stereocenters. The minimum Gasteiger partial charge on any atom is -0.343 e. The first kappa shape index (κ1) is 14.7. The first-order valence-corrected chi connectivity index (χ1v) is 7.37. The van der Waals surface area contributed by atoms with Gasteiger partial charge in [0.25, 0.3) is 5.91 Å². The van der Waals surface area contributed by atoms with Crippen molar-refractivity contribution >= 4 is 21.8 Å². The number of nitrogens with zero attached hydrogens (tertiary/aromatic N) is 2. The number of halogens is 1. The Balaban J connectivity index is 2.05. The third kappa shape index (κ3) is 3.45. The molecule has 2 aromatic rings. The molecule has 106 valence electrons. The maximum atomic E-state index is 12.1. The van der Waals surface area contributed by atoms with Gasteiger partial charge in [-0.05, 0) is 25.0 Å². The second kappa shape index (κ2) is 6.65. The van der Waals surface area contributed by atoms with Crippen LogP contribution in [0.15, 0.2) is 28.7 Å². The Morgan fingerprint density at radius 1 is 1.45 bits per heavy atom. The molecule has 1 aromatic heterocycles. The normalized spacial score (nSPS) is 12.2. The summed E-state index contributed by atoms with van der Waals surface area (Å²) >= 11 is 3.48. The molecule has 1 aromatic carbocycles. The Labute approximate surface area is 126 Å². The number of carbonyl (C=O) groups excluding carboxylic acids is 1. The minimum atomic E-state index is -0.271.